The Hall–Kier alpha value is -2.68. The molecule has 5 rings (SSSR count). The maximum Gasteiger partial charge on any atom is 0.313 e. The first kappa shape index (κ1) is 23.1. The summed E-state index contributed by atoms with van der Waals surface area (Å²) in [6.45, 7) is 3.58. The molecule has 1 aromatic carbocycles. The summed E-state index contributed by atoms with van der Waals surface area (Å²) in [4.78, 5) is 44.2. The van der Waals surface area contributed by atoms with Crippen LogP contribution >= 0.6 is 11.6 Å². The number of benzene rings is 1. The average molecular weight is 487 g/mol. The molecule has 0 aliphatic carbocycles. The molecule has 1 unspecified atom stereocenters. The molecule has 0 aromatic heterocycles. The Kier molecular flexibility index (Phi) is 5.58. The normalized spacial score (nSPS) is 35.4. The topological polar surface area (TPSA) is 96.4 Å². The van der Waals surface area contributed by atoms with E-state index < -0.39 is 47.0 Å². The van der Waals surface area contributed by atoms with E-state index in [0.29, 0.717) is 17.1 Å². The van der Waals surface area contributed by atoms with Crippen molar-refractivity contribution in [2.45, 2.75) is 43.6 Å². The van der Waals surface area contributed by atoms with Gasteiger partial charge in [0.2, 0.25) is 5.91 Å². The van der Waals surface area contributed by atoms with E-state index in [2.05, 4.69) is 0 Å². The van der Waals surface area contributed by atoms with Gasteiger partial charge in [-0.3, -0.25) is 14.4 Å². The molecule has 1 N–H and O–H groups in total. The Morgan fingerprint density at radius 3 is 2.62 bits per heavy atom. The number of aliphatic hydroxyl groups excluding tert-OH is 1. The number of nitrogens with zero attached hydrogens (tertiary/aromatic N) is 2. The molecule has 4 aliphatic heterocycles. The quantitative estimate of drug-likeness (QED) is 0.517. The van der Waals surface area contributed by atoms with Crippen molar-refractivity contribution >= 4 is 35.1 Å². The van der Waals surface area contributed by atoms with Gasteiger partial charge in [0, 0.05) is 6.54 Å². The van der Waals surface area contributed by atoms with Crippen LogP contribution in [0.1, 0.15) is 20.3 Å². The summed E-state index contributed by atoms with van der Waals surface area (Å²) < 4.78 is 12.0. The minimum Gasteiger partial charge on any atom is -0.461 e. The third-order valence-electron chi connectivity index (χ3n) is 7.47. The van der Waals surface area contributed by atoms with Crippen LogP contribution in [0.25, 0.3) is 0 Å². The second-order valence-corrected chi connectivity index (χ2v) is 9.73. The zero-order valence-electron chi connectivity index (χ0n) is 19.0. The summed E-state index contributed by atoms with van der Waals surface area (Å²) in [5.74, 6) is -3.20. The van der Waals surface area contributed by atoms with Gasteiger partial charge in [0.15, 0.2) is 0 Å². The third kappa shape index (κ3) is 3.08. The van der Waals surface area contributed by atoms with Crippen LogP contribution in [0.3, 0.4) is 0 Å². The van der Waals surface area contributed by atoms with E-state index in [4.69, 9.17) is 21.1 Å². The lowest BCUT2D eigenvalue weighted by Gasteiger charge is -2.39. The smallest absolute Gasteiger partial charge is 0.313 e. The van der Waals surface area contributed by atoms with Crippen LogP contribution in [0.15, 0.2) is 48.6 Å². The van der Waals surface area contributed by atoms with Gasteiger partial charge in [-0.2, -0.15) is 0 Å². The molecule has 9 heteroatoms. The Morgan fingerprint density at radius 1 is 1.15 bits per heavy atom. The van der Waals surface area contributed by atoms with Crippen LogP contribution in [0.4, 0.5) is 5.69 Å². The number of esters is 1. The SMILES string of the molecule is CC[C@@H](CO)N1C(=O)[C@@H]2[C@H]3C(=O)OCC=C[C@@]3(C)O[C@@]23C=CCN(c2ccccc2Cl)C(=O)C13. The lowest BCUT2D eigenvalue weighted by Crippen LogP contribution is -2.58. The number of halogens is 1. The van der Waals surface area contributed by atoms with Gasteiger partial charge in [-0.05, 0) is 31.6 Å². The van der Waals surface area contributed by atoms with Gasteiger partial charge in [0.1, 0.15) is 24.2 Å². The van der Waals surface area contributed by atoms with Crippen LogP contribution in [0.5, 0.6) is 0 Å². The second-order valence-electron chi connectivity index (χ2n) is 9.32. The molecule has 1 aromatic rings. The molecule has 0 radical (unpaired) electrons. The van der Waals surface area contributed by atoms with E-state index in [1.165, 1.54) is 9.80 Å². The highest BCUT2D eigenvalue weighted by molar-refractivity contribution is 6.34. The number of hydrogen-bond acceptors (Lipinski definition) is 6. The molecule has 8 nitrogen and oxygen atoms in total. The maximum absolute atomic E-state index is 14.2. The van der Waals surface area contributed by atoms with Gasteiger partial charge >= 0.3 is 5.97 Å². The molecule has 2 saturated heterocycles. The van der Waals surface area contributed by atoms with Crippen molar-refractivity contribution in [2.24, 2.45) is 11.8 Å². The molecule has 0 saturated carbocycles. The van der Waals surface area contributed by atoms with Crippen molar-refractivity contribution in [3.05, 3.63) is 53.6 Å². The van der Waals surface area contributed by atoms with Gasteiger partial charge in [0.25, 0.3) is 5.91 Å². The molecule has 34 heavy (non-hydrogen) atoms. The minimum absolute atomic E-state index is 0.0958. The molecular formula is C25H27ClN2O6. The number of para-hydroxylation sites is 1. The van der Waals surface area contributed by atoms with E-state index in [-0.39, 0.29) is 25.7 Å². The molecular weight excluding hydrogens is 460 g/mol. The fourth-order valence-electron chi connectivity index (χ4n) is 5.99. The largest absolute Gasteiger partial charge is 0.461 e. The summed E-state index contributed by atoms with van der Waals surface area (Å²) in [7, 11) is 0. The Morgan fingerprint density at radius 2 is 1.91 bits per heavy atom. The first-order chi connectivity index (χ1) is 16.3. The molecule has 4 aliphatic rings. The van der Waals surface area contributed by atoms with E-state index in [1.807, 2.05) is 6.92 Å². The number of aliphatic hydroxyl groups is 1. The van der Waals surface area contributed by atoms with Gasteiger partial charge in [-0.1, -0.05) is 48.9 Å². The molecule has 6 atom stereocenters. The van der Waals surface area contributed by atoms with Crippen molar-refractivity contribution in [2.75, 3.05) is 24.7 Å². The monoisotopic (exact) mass is 486 g/mol. The molecule has 1 spiro atoms. The predicted octanol–water partition coefficient (Wildman–Crippen LogP) is 2.10. The highest BCUT2D eigenvalue weighted by Crippen LogP contribution is 2.58. The number of amides is 2. The zero-order valence-corrected chi connectivity index (χ0v) is 19.8. The molecule has 4 heterocycles. The van der Waals surface area contributed by atoms with Crippen molar-refractivity contribution in [3.8, 4) is 0 Å². The van der Waals surface area contributed by atoms with Crippen molar-refractivity contribution in [3.63, 3.8) is 0 Å². The van der Waals surface area contributed by atoms with Gasteiger partial charge < -0.3 is 24.4 Å². The number of rotatable bonds is 4. The molecule has 2 fully saturated rings. The van der Waals surface area contributed by atoms with Crippen molar-refractivity contribution in [1.29, 1.82) is 0 Å². The fraction of sp³-hybridized carbons (Fsp3) is 0.480. The average Bonchev–Trinajstić information content (AvgIpc) is 3.07. The number of hydrogen-bond donors (Lipinski definition) is 1. The standard InChI is InChI=1S/C25H27ClN2O6/c1-3-15(14-29)28-20-22(31)27(17-9-5-4-8-16(17)26)12-6-11-25(20)18(21(28)30)19-23(32)33-13-7-10-24(19,2)34-25/h4-11,15,18-20,29H,3,12-14H2,1-2H3/t15-,18-,19-,20?,24+,25-/m0/s1. The van der Waals surface area contributed by atoms with Gasteiger partial charge in [-0.25, -0.2) is 0 Å². The Labute approximate surface area is 202 Å². The third-order valence-corrected chi connectivity index (χ3v) is 7.79. The highest BCUT2D eigenvalue weighted by atomic mass is 35.5. The first-order valence-corrected chi connectivity index (χ1v) is 11.9. The lowest BCUT2D eigenvalue weighted by atomic mass is 9.75. The summed E-state index contributed by atoms with van der Waals surface area (Å²) >= 11 is 6.43. The number of fused-ring (bicyclic) bond motifs is 2. The molecule has 0 bridgehead atoms. The molecule has 180 valence electrons. The van der Waals surface area contributed by atoms with Crippen LogP contribution in [0, 0.1) is 11.8 Å². The van der Waals surface area contributed by atoms with Crippen LogP contribution in [0.2, 0.25) is 5.02 Å². The summed E-state index contributed by atoms with van der Waals surface area (Å²) in [6, 6.07) is 5.31. The van der Waals surface area contributed by atoms with Crippen LogP contribution < -0.4 is 4.90 Å². The van der Waals surface area contributed by atoms with Crippen molar-refractivity contribution < 1.29 is 29.0 Å². The first-order valence-electron chi connectivity index (χ1n) is 11.5. The summed E-state index contributed by atoms with van der Waals surface area (Å²) in [5.41, 5.74) is -2.00. The lowest BCUT2D eigenvalue weighted by molar-refractivity contribution is -0.157. The fourth-order valence-corrected chi connectivity index (χ4v) is 6.23. The number of likely N-dealkylation sites (tertiary alicyclic amines) is 1. The zero-order chi connectivity index (χ0) is 24.3. The minimum atomic E-state index is -1.40. The Bertz CT molecular complexity index is 1100. The maximum atomic E-state index is 14.2. The van der Waals surface area contributed by atoms with E-state index >= 15 is 0 Å². The predicted molar refractivity (Wildman–Crippen MR) is 124 cm³/mol. The number of ether oxygens (including phenoxy) is 2. The van der Waals surface area contributed by atoms with Gasteiger partial charge in [0.05, 0.1) is 34.9 Å². The van der Waals surface area contributed by atoms with Gasteiger partial charge in [-0.15, -0.1) is 0 Å². The van der Waals surface area contributed by atoms with E-state index in [9.17, 15) is 19.5 Å². The van der Waals surface area contributed by atoms with E-state index in [1.54, 1.807) is 55.5 Å². The van der Waals surface area contributed by atoms with E-state index in [0.717, 1.165) is 0 Å². The second kappa shape index (κ2) is 8.22. The molecule has 2 amide bonds. The number of carbonyl (C=O) groups excluding carboxylic acids is 3. The van der Waals surface area contributed by atoms with Crippen LogP contribution in [-0.2, 0) is 23.9 Å². The Balaban J connectivity index is 1.70. The highest BCUT2D eigenvalue weighted by Gasteiger charge is 2.75. The summed E-state index contributed by atoms with van der Waals surface area (Å²) in [6.07, 6.45) is 7.42. The van der Waals surface area contributed by atoms with Crippen molar-refractivity contribution in [1.82, 2.24) is 4.90 Å². The number of cyclic esters (lactones) is 1. The number of anilines is 1. The number of carbonyl (C=O) groups is 3. The summed E-state index contributed by atoms with van der Waals surface area (Å²) in [5, 5.41) is 10.5. The van der Waals surface area contributed by atoms with Crippen LogP contribution in [-0.4, -0.2) is 70.8 Å².